The van der Waals surface area contributed by atoms with Gasteiger partial charge in [-0.15, -0.1) is 0 Å². The molecule has 18 heavy (non-hydrogen) atoms. The molecule has 0 aliphatic carbocycles. The van der Waals surface area contributed by atoms with Crippen molar-refractivity contribution in [3.8, 4) is 0 Å². The summed E-state index contributed by atoms with van der Waals surface area (Å²) in [7, 11) is 6.47. The first-order chi connectivity index (χ1) is 8.66. The van der Waals surface area contributed by atoms with Crippen LogP contribution in [0.1, 0.15) is 36.4 Å². The lowest BCUT2D eigenvalue weighted by Gasteiger charge is -2.20. The minimum absolute atomic E-state index is 0.589. The third-order valence-corrected chi connectivity index (χ3v) is 3.79. The molecule has 0 saturated carbocycles. The van der Waals surface area contributed by atoms with E-state index in [1.54, 1.807) is 0 Å². The molecule has 2 rings (SSSR count). The number of likely N-dealkylation sites (tertiary alicyclic amines) is 1. The van der Waals surface area contributed by atoms with Crippen LogP contribution in [-0.4, -0.2) is 49.0 Å². The van der Waals surface area contributed by atoms with E-state index < -0.39 is 0 Å². The van der Waals surface area contributed by atoms with Gasteiger partial charge in [-0.25, -0.2) is 0 Å². The number of hydrogen-bond acceptors (Lipinski definition) is 3. The van der Waals surface area contributed by atoms with Crippen molar-refractivity contribution in [1.82, 2.24) is 14.8 Å². The number of nitrogens with zero attached hydrogens (tertiary/aromatic N) is 3. The second-order valence-corrected chi connectivity index (χ2v) is 5.67. The summed E-state index contributed by atoms with van der Waals surface area (Å²) in [5.74, 6) is 0. The number of hydrogen-bond donors (Lipinski definition) is 0. The van der Waals surface area contributed by atoms with Crippen LogP contribution in [0.2, 0.25) is 0 Å². The molecule has 1 atom stereocenters. The number of aryl methyl sites for hydroxylation is 1. The van der Waals surface area contributed by atoms with Gasteiger partial charge in [0.05, 0.1) is 0 Å². The quantitative estimate of drug-likeness (QED) is 0.796. The lowest BCUT2D eigenvalue weighted by atomic mass is 10.0. The Morgan fingerprint density at radius 1 is 1.39 bits per heavy atom. The van der Waals surface area contributed by atoms with E-state index in [1.807, 2.05) is 12.4 Å². The Balaban J connectivity index is 1.96. The first kappa shape index (κ1) is 13.5. The monoisotopic (exact) mass is 247 g/mol. The van der Waals surface area contributed by atoms with Gasteiger partial charge in [0.2, 0.25) is 0 Å². The van der Waals surface area contributed by atoms with E-state index in [9.17, 15) is 0 Å². The van der Waals surface area contributed by atoms with Gasteiger partial charge in [0.1, 0.15) is 0 Å². The number of aromatic nitrogens is 1. The third-order valence-electron chi connectivity index (χ3n) is 3.79. The van der Waals surface area contributed by atoms with Gasteiger partial charge in [-0.3, -0.25) is 9.88 Å². The molecule has 0 N–H and O–H groups in total. The van der Waals surface area contributed by atoms with E-state index in [0.717, 1.165) is 13.0 Å². The molecule has 0 aromatic carbocycles. The van der Waals surface area contributed by atoms with Crippen LogP contribution >= 0.6 is 0 Å². The summed E-state index contributed by atoms with van der Waals surface area (Å²) in [6.07, 6.45) is 9.00. The summed E-state index contributed by atoms with van der Waals surface area (Å²) < 4.78 is 0. The van der Waals surface area contributed by atoms with E-state index in [0.29, 0.717) is 6.04 Å². The van der Waals surface area contributed by atoms with Crippen LogP contribution in [0.5, 0.6) is 0 Å². The van der Waals surface area contributed by atoms with E-state index in [4.69, 9.17) is 0 Å². The normalized spacial score (nSPS) is 20.8. The molecule has 1 aromatic rings. The van der Waals surface area contributed by atoms with Gasteiger partial charge < -0.3 is 4.90 Å². The Morgan fingerprint density at radius 3 is 2.89 bits per heavy atom. The van der Waals surface area contributed by atoms with Gasteiger partial charge >= 0.3 is 0 Å². The van der Waals surface area contributed by atoms with Crippen molar-refractivity contribution in [3.63, 3.8) is 0 Å². The van der Waals surface area contributed by atoms with Gasteiger partial charge in [0.25, 0.3) is 0 Å². The molecule has 0 bridgehead atoms. The Hall–Kier alpha value is -0.930. The van der Waals surface area contributed by atoms with Gasteiger partial charge in [-0.05, 0) is 71.0 Å². The van der Waals surface area contributed by atoms with Gasteiger partial charge in [-0.2, -0.15) is 0 Å². The molecule has 3 nitrogen and oxygen atoms in total. The van der Waals surface area contributed by atoms with Crippen molar-refractivity contribution < 1.29 is 0 Å². The summed E-state index contributed by atoms with van der Waals surface area (Å²) in [4.78, 5) is 9.10. The van der Waals surface area contributed by atoms with E-state index in [1.165, 1.54) is 36.9 Å². The summed E-state index contributed by atoms with van der Waals surface area (Å²) in [5, 5.41) is 0. The Bertz CT molecular complexity index is 376. The average Bonchev–Trinajstić information content (AvgIpc) is 2.75. The minimum Gasteiger partial charge on any atom is -0.309 e. The zero-order chi connectivity index (χ0) is 13.0. The van der Waals surface area contributed by atoms with Crippen LogP contribution in [0.4, 0.5) is 0 Å². The SMILES string of the molecule is CN(C)CCCc1cncc(C2CCCN2C)c1. The third kappa shape index (κ3) is 3.53. The Morgan fingerprint density at radius 2 is 2.22 bits per heavy atom. The van der Waals surface area contributed by atoms with Crippen LogP contribution in [0.25, 0.3) is 0 Å². The lowest BCUT2D eigenvalue weighted by molar-refractivity contribution is 0.316. The van der Waals surface area contributed by atoms with Crippen LogP contribution in [0.15, 0.2) is 18.5 Å². The molecule has 1 aliphatic rings. The number of rotatable bonds is 5. The van der Waals surface area contributed by atoms with Crippen LogP contribution < -0.4 is 0 Å². The predicted molar refractivity (Wildman–Crippen MR) is 75.7 cm³/mol. The molecular weight excluding hydrogens is 222 g/mol. The predicted octanol–water partition coefficient (Wildman–Crippen LogP) is 2.34. The summed E-state index contributed by atoms with van der Waals surface area (Å²) in [6.45, 7) is 2.36. The zero-order valence-electron chi connectivity index (χ0n) is 11.9. The smallest absolute Gasteiger partial charge is 0.0360 e. The molecule has 2 heterocycles. The molecule has 1 unspecified atom stereocenters. The maximum absolute atomic E-state index is 4.42. The van der Waals surface area contributed by atoms with E-state index >= 15 is 0 Å². The fourth-order valence-electron chi connectivity index (χ4n) is 2.76. The van der Waals surface area contributed by atoms with Crippen molar-refractivity contribution in [3.05, 3.63) is 29.6 Å². The largest absolute Gasteiger partial charge is 0.309 e. The van der Waals surface area contributed by atoms with Crippen molar-refractivity contribution in [1.29, 1.82) is 0 Å². The van der Waals surface area contributed by atoms with E-state index in [2.05, 4.69) is 42.0 Å². The maximum atomic E-state index is 4.42. The molecule has 0 radical (unpaired) electrons. The average molecular weight is 247 g/mol. The van der Waals surface area contributed by atoms with Crippen LogP contribution in [-0.2, 0) is 6.42 Å². The first-order valence-electron chi connectivity index (χ1n) is 6.95. The maximum Gasteiger partial charge on any atom is 0.0360 e. The molecule has 3 heteroatoms. The molecule has 100 valence electrons. The molecule has 1 fully saturated rings. The molecule has 1 aromatic heterocycles. The standard InChI is InChI=1S/C15H25N3/c1-17(2)8-4-6-13-10-14(12-16-11-13)15-7-5-9-18(15)3/h10-12,15H,4-9H2,1-3H3. The highest BCUT2D eigenvalue weighted by Crippen LogP contribution is 2.30. The fraction of sp³-hybridized carbons (Fsp3) is 0.667. The summed E-state index contributed by atoms with van der Waals surface area (Å²) >= 11 is 0. The zero-order valence-corrected chi connectivity index (χ0v) is 11.9. The second-order valence-electron chi connectivity index (χ2n) is 5.67. The summed E-state index contributed by atoms with van der Waals surface area (Å²) in [6, 6.07) is 2.95. The van der Waals surface area contributed by atoms with Gasteiger partial charge in [-0.1, -0.05) is 6.07 Å². The number of pyridine rings is 1. The molecule has 0 spiro atoms. The van der Waals surface area contributed by atoms with E-state index in [-0.39, 0.29) is 0 Å². The minimum atomic E-state index is 0.589. The Kier molecular flexibility index (Phi) is 4.72. The van der Waals surface area contributed by atoms with Crippen molar-refractivity contribution in [2.24, 2.45) is 0 Å². The molecule has 1 aliphatic heterocycles. The summed E-state index contributed by atoms with van der Waals surface area (Å²) in [5.41, 5.74) is 2.78. The highest BCUT2D eigenvalue weighted by molar-refractivity contribution is 5.22. The van der Waals surface area contributed by atoms with Crippen molar-refractivity contribution in [2.75, 3.05) is 34.2 Å². The Labute approximate surface area is 111 Å². The first-order valence-corrected chi connectivity index (χ1v) is 6.95. The lowest BCUT2D eigenvalue weighted by Crippen LogP contribution is -2.18. The highest BCUT2D eigenvalue weighted by Gasteiger charge is 2.22. The molecule has 0 amide bonds. The fourth-order valence-corrected chi connectivity index (χ4v) is 2.76. The topological polar surface area (TPSA) is 19.4 Å². The van der Waals surface area contributed by atoms with Crippen LogP contribution in [0, 0.1) is 0 Å². The highest BCUT2D eigenvalue weighted by atomic mass is 15.1. The molecular formula is C15H25N3. The van der Waals surface area contributed by atoms with Crippen molar-refractivity contribution in [2.45, 2.75) is 31.7 Å². The van der Waals surface area contributed by atoms with Crippen LogP contribution in [0.3, 0.4) is 0 Å². The second kappa shape index (κ2) is 6.30. The van der Waals surface area contributed by atoms with Gasteiger partial charge in [0.15, 0.2) is 0 Å². The van der Waals surface area contributed by atoms with Gasteiger partial charge in [0, 0.05) is 18.4 Å². The molecule has 1 saturated heterocycles. The van der Waals surface area contributed by atoms with Crippen molar-refractivity contribution >= 4 is 0 Å².